The minimum atomic E-state index is -0.732. The average molecular weight is 638 g/mol. The number of hydrogen-bond donors (Lipinski definition) is 1. The maximum Gasteiger partial charge on any atom is 0.328 e. The number of aromatic nitrogens is 1. The first-order chi connectivity index (χ1) is 22.2. The highest BCUT2D eigenvalue weighted by molar-refractivity contribution is 5.79. The summed E-state index contributed by atoms with van der Waals surface area (Å²) in [5.41, 5.74) is 3.46. The normalized spacial score (nSPS) is 23.9. The van der Waals surface area contributed by atoms with Crippen molar-refractivity contribution in [2.45, 2.75) is 109 Å². The predicted molar refractivity (Wildman–Crippen MR) is 175 cm³/mol. The summed E-state index contributed by atoms with van der Waals surface area (Å²) < 4.78 is 39.3. The molecule has 252 valence electrons. The number of aryl methyl sites for hydroxylation is 2. The van der Waals surface area contributed by atoms with Gasteiger partial charge in [0.1, 0.15) is 23.3 Å². The van der Waals surface area contributed by atoms with Crippen LogP contribution in [0.25, 0.3) is 0 Å². The lowest BCUT2D eigenvalue weighted by Crippen LogP contribution is -2.40. The molecule has 0 aliphatic carbocycles. The first-order valence-electron chi connectivity index (χ1n) is 17.5. The van der Waals surface area contributed by atoms with Crippen LogP contribution in [-0.4, -0.2) is 73.6 Å². The number of esters is 1. The minimum Gasteiger partial charge on any atom is -0.459 e. The van der Waals surface area contributed by atoms with Crippen LogP contribution >= 0.6 is 0 Å². The molecule has 0 radical (unpaired) electrons. The number of ether oxygens (including phenoxy) is 4. The van der Waals surface area contributed by atoms with Crippen LogP contribution in [0.3, 0.4) is 0 Å². The number of benzene rings is 1. The Bertz CT molecular complexity index is 1330. The molecule has 4 aliphatic rings. The molecule has 8 nitrogen and oxygen atoms in total. The lowest BCUT2D eigenvalue weighted by molar-refractivity contribution is -0.161. The van der Waals surface area contributed by atoms with Crippen LogP contribution in [0.2, 0.25) is 0 Å². The smallest absolute Gasteiger partial charge is 0.328 e. The quantitative estimate of drug-likeness (QED) is 0.227. The van der Waals surface area contributed by atoms with Crippen LogP contribution in [0.1, 0.15) is 107 Å². The zero-order chi connectivity index (χ0) is 32.1. The largest absolute Gasteiger partial charge is 0.459 e. The fourth-order valence-electron chi connectivity index (χ4n) is 7.51. The summed E-state index contributed by atoms with van der Waals surface area (Å²) in [5.74, 6) is 0.328. The van der Waals surface area contributed by atoms with E-state index < -0.39 is 11.6 Å². The van der Waals surface area contributed by atoms with E-state index in [9.17, 15) is 9.18 Å². The van der Waals surface area contributed by atoms with Crippen molar-refractivity contribution in [2.75, 3.05) is 51.4 Å². The summed E-state index contributed by atoms with van der Waals surface area (Å²) in [6, 6.07) is 8.45. The molecule has 2 unspecified atom stereocenters. The Hall–Kier alpha value is -2.59. The van der Waals surface area contributed by atoms with Gasteiger partial charge in [0.25, 0.3) is 0 Å². The monoisotopic (exact) mass is 637 g/mol. The number of rotatable bonds is 10. The van der Waals surface area contributed by atoms with Crippen LogP contribution in [0.15, 0.2) is 30.3 Å². The predicted octanol–water partition coefficient (Wildman–Crippen LogP) is 6.72. The van der Waals surface area contributed by atoms with Crippen molar-refractivity contribution in [3.8, 4) is 0 Å². The molecule has 1 N–H and O–H groups in total. The van der Waals surface area contributed by atoms with Gasteiger partial charge < -0.3 is 24.3 Å². The number of hydrogen-bond acceptors (Lipinski definition) is 8. The SMILES string of the molecule is CC(C)(C)OC(=O)C(c1cc(F)ccc1C1CCC2(CCOCC2)CO1)N1CC[C@@H](OCCCCc2ccc3c(n2)NCCC3)C1. The summed E-state index contributed by atoms with van der Waals surface area (Å²) in [7, 11) is 0. The lowest BCUT2D eigenvalue weighted by atomic mass is 9.74. The van der Waals surface area contributed by atoms with Gasteiger partial charge in [0.2, 0.25) is 0 Å². The molecule has 1 aromatic heterocycles. The molecule has 6 rings (SSSR count). The molecular weight excluding hydrogens is 585 g/mol. The standard InChI is InChI=1S/C37H52FN3O5/c1-36(2,3)46-35(42)33(31-23-27(38)10-12-30(31)32-13-15-37(25-45-32)16-21-43-22-17-37)41-19-14-29(24-41)44-20-5-4-8-28-11-9-26-7-6-18-39-34(26)40-28/h9-12,23,29,32-33H,4-8,13-22,24-25H2,1-3H3,(H,39,40)/t29-,32?,33?/m1/s1. The Kier molecular flexibility index (Phi) is 10.6. The number of halogens is 1. The summed E-state index contributed by atoms with van der Waals surface area (Å²) in [4.78, 5) is 20.8. The Morgan fingerprint density at radius 1 is 1.15 bits per heavy atom. The van der Waals surface area contributed by atoms with Gasteiger partial charge in [0, 0.05) is 45.1 Å². The van der Waals surface area contributed by atoms with Crippen LogP contribution in [0, 0.1) is 11.2 Å². The molecule has 3 atom stereocenters. The fourth-order valence-corrected chi connectivity index (χ4v) is 7.51. The Labute approximate surface area is 273 Å². The van der Waals surface area contributed by atoms with Crippen LogP contribution in [0.4, 0.5) is 10.2 Å². The zero-order valence-electron chi connectivity index (χ0n) is 28.0. The van der Waals surface area contributed by atoms with Crippen molar-refractivity contribution in [3.63, 3.8) is 0 Å². The number of carbonyl (C=O) groups is 1. The van der Waals surface area contributed by atoms with E-state index >= 15 is 0 Å². The molecule has 1 aromatic carbocycles. The molecule has 0 saturated carbocycles. The summed E-state index contributed by atoms with van der Waals surface area (Å²) in [6.07, 6.45) is 9.66. The van der Waals surface area contributed by atoms with E-state index in [1.54, 1.807) is 0 Å². The molecule has 9 heteroatoms. The Morgan fingerprint density at radius 3 is 2.78 bits per heavy atom. The van der Waals surface area contributed by atoms with Crippen molar-refractivity contribution >= 4 is 11.8 Å². The third-order valence-corrected chi connectivity index (χ3v) is 10.1. The van der Waals surface area contributed by atoms with Gasteiger partial charge in [-0.1, -0.05) is 12.1 Å². The molecule has 46 heavy (non-hydrogen) atoms. The van der Waals surface area contributed by atoms with E-state index in [1.165, 1.54) is 17.7 Å². The second-order valence-electron chi connectivity index (χ2n) is 14.7. The molecule has 0 amide bonds. The Morgan fingerprint density at radius 2 is 2.00 bits per heavy atom. The number of carbonyl (C=O) groups excluding carboxylic acids is 1. The topological polar surface area (TPSA) is 82.2 Å². The van der Waals surface area contributed by atoms with Gasteiger partial charge in [-0.05, 0) is 125 Å². The van der Waals surface area contributed by atoms with Crippen LogP contribution in [-0.2, 0) is 36.6 Å². The molecule has 2 aromatic rings. The zero-order valence-corrected chi connectivity index (χ0v) is 28.0. The van der Waals surface area contributed by atoms with Crippen molar-refractivity contribution in [2.24, 2.45) is 5.41 Å². The number of unbranched alkanes of at least 4 members (excludes halogenated alkanes) is 1. The second-order valence-corrected chi connectivity index (χ2v) is 14.7. The summed E-state index contributed by atoms with van der Waals surface area (Å²) in [5, 5.41) is 3.42. The van der Waals surface area contributed by atoms with Crippen molar-refractivity contribution < 1.29 is 28.1 Å². The molecule has 0 bridgehead atoms. The van der Waals surface area contributed by atoms with Gasteiger partial charge in [-0.15, -0.1) is 0 Å². The molecule has 4 aliphatic heterocycles. The minimum absolute atomic E-state index is 0.00678. The van der Waals surface area contributed by atoms with Gasteiger partial charge in [0.05, 0.1) is 18.8 Å². The number of nitrogens with zero attached hydrogens (tertiary/aromatic N) is 2. The Balaban J connectivity index is 1.09. The van der Waals surface area contributed by atoms with E-state index in [-0.39, 0.29) is 29.4 Å². The number of likely N-dealkylation sites (tertiary alicyclic amines) is 1. The molecule has 1 spiro atoms. The summed E-state index contributed by atoms with van der Waals surface area (Å²) in [6.45, 7) is 10.7. The van der Waals surface area contributed by atoms with Gasteiger partial charge in [0.15, 0.2) is 0 Å². The number of anilines is 1. The van der Waals surface area contributed by atoms with Crippen molar-refractivity contribution in [3.05, 3.63) is 58.5 Å². The third kappa shape index (κ3) is 8.27. The van der Waals surface area contributed by atoms with Gasteiger partial charge in [-0.25, -0.2) is 14.2 Å². The van der Waals surface area contributed by atoms with E-state index in [4.69, 9.17) is 23.9 Å². The molecule has 3 saturated heterocycles. The van der Waals surface area contributed by atoms with E-state index in [0.717, 1.165) is 101 Å². The van der Waals surface area contributed by atoms with Crippen molar-refractivity contribution in [1.82, 2.24) is 9.88 Å². The maximum absolute atomic E-state index is 14.9. The maximum atomic E-state index is 14.9. The molecular formula is C37H52FN3O5. The first-order valence-corrected chi connectivity index (χ1v) is 17.5. The molecule has 3 fully saturated rings. The highest BCUT2D eigenvalue weighted by Crippen LogP contribution is 2.45. The van der Waals surface area contributed by atoms with Gasteiger partial charge >= 0.3 is 5.97 Å². The number of fused-ring (bicyclic) bond motifs is 1. The second kappa shape index (κ2) is 14.7. The van der Waals surface area contributed by atoms with E-state index in [1.807, 2.05) is 26.8 Å². The van der Waals surface area contributed by atoms with Crippen molar-refractivity contribution in [1.29, 1.82) is 0 Å². The highest BCUT2D eigenvalue weighted by atomic mass is 19.1. The molecule has 5 heterocycles. The van der Waals surface area contributed by atoms with Crippen LogP contribution in [0.5, 0.6) is 0 Å². The average Bonchev–Trinajstić information content (AvgIpc) is 3.49. The summed E-state index contributed by atoms with van der Waals surface area (Å²) >= 11 is 0. The van der Waals surface area contributed by atoms with Crippen LogP contribution < -0.4 is 5.32 Å². The van der Waals surface area contributed by atoms with E-state index in [0.29, 0.717) is 31.9 Å². The van der Waals surface area contributed by atoms with Gasteiger partial charge in [-0.2, -0.15) is 0 Å². The van der Waals surface area contributed by atoms with E-state index in [2.05, 4.69) is 22.3 Å². The lowest BCUT2D eigenvalue weighted by Gasteiger charge is -2.43. The number of pyridine rings is 1. The number of nitrogens with one attached hydrogen (secondary N) is 1. The third-order valence-electron chi connectivity index (χ3n) is 10.1. The first kappa shape index (κ1) is 33.3. The highest BCUT2D eigenvalue weighted by Gasteiger charge is 2.42. The van der Waals surface area contributed by atoms with Gasteiger partial charge in [-0.3, -0.25) is 4.90 Å². The fraction of sp³-hybridized carbons (Fsp3) is 0.676.